The normalized spacial score (nSPS) is 20.8. The third kappa shape index (κ3) is 3.68. The number of hydrogen-bond acceptors (Lipinski definition) is 5. The number of piperazine rings is 1. The molecule has 4 rings (SSSR count). The maximum Gasteiger partial charge on any atom is 0.266 e. The lowest BCUT2D eigenvalue weighted by molar-refractivity contribution is -0.148. The molecule has 1 atom stereocenters. The van der Waals surface area contributed by atoms with Crippen LogP contribution < -0.4 is 20.1 Å². The molecule has 166 valence electrons. The fraction of sp³-hybridized carbons (Fsp3) is 0.480. The van der Waals surface area contributed by atoms with Gasteiger partial charge < -0.3 is 25.0 Å². The Morgan fingerprint density at radius 1 is 1.03 bits per heavy atom. The van der Waals surface area contributed by atoms with Crippen LogP contribution in [-0.4, -0.2) is 49.7 Å². The zero-order valence-electron chi connectivity index (χ0n) is 19.2. The predicted molar refractivity (Wildman–Crippen MR) is 124 cm³/mol. The van der Waals surface area contributed by atoms with E-state index in [2.05, 4.69) is 25.7 Å². The zero-order chi connectivity index (χ0) is 22.3. The van der Waals surface area contributed by atoms with E-state index in [1.807, 2.05) is 36.1 Å². The highest BCUT2D eigenvalue weighted by atomic mass is 16.5. The summed E-state index contributed by atoms with van der Waals surface area (Å²) < 4.78 is 12.1. The number of carbonyl (C=O) groups is 1. The number of benzene rings is 2. The van der Waals surface area contributed by atoms with Crippen LogP contribution in [0, 0.1) is 20.8 Å². The lowest BCUT2D eigenvalue weighted by atomic mass is 9.86. The van der Waals surface area contributed by atoms with Crippen molar-refractivity contribution in [2.45, 2.75) is 46.1 Å². The molecule has 0 saturated carbocycles. The second-order valence-electron chi connectivity index (χ2n) is 8.92. The number of ether oxygens (including phenoxy) is 2. The molecule has 6 heteroatoms. The van der Waals surface area contributed by atoms with Gasteiger partial charge >= 0.3 is 0 Å². The van der Waals surface area contributed by atoms with E-state index in [1.54, 1.807) is 7.11 Å². The van der Waals surface area contributed by atoms with Crippen LogP contribution >= 0.6 is 0 Å². The molecule has 2 aromatic carbocycles. The summed E-state index contributed by atoms with van der Waals surface area (Å²) in [6.45, 7) is 11.1. The number of amides is 1. The molecule has 1 saturated heterocycles. The predicted octanol–water partition coefficient (Wildman–Crippen LogP) is 3.64. The van der Waals surface area contributed by atoms with Gasteiger partial charge in [0.1, 0.15) is 11.5 Å². The van der Waals surface area contributed by atoms with E-state index in [0.29, 0.717) is 19.5 Å². The van der Waals surface area contributed by atoms with Crippen LogP contribution in [0.3, 0.4) is 0 Å². The molecular weight excluding hydrogens is 390 g/mol. The van der Waals surface area contributed by atoms with Crippen LogP contribution in [0.4, 0.5) is 11.4 Å². The van der Waals surface area contributed by atoms with Crippen LogP contribution in [0.15, 0.2) is 24.3 Å². The van der Waals surface area contributed by atoms with Gasteiger partial charge in [0.2, 0.25) is 0 Å². The molecular formula is C25H33N3O3. The third-order valence-electron chi connectivity index (χ3n) is 6.97. The number of fused-ring (bicyclic) bond motifs is 1. The number of anilines is 2. The van der Waals surface area contributed by atoms with Crippen LogP contribution in [0.1, 0.15) is 35.6 Å². The molecule has 2 N–H and O–H groups in total. The summed E-state index contributed by atoms with van der Waals surface area (Å²) in [5, 5.41) is 0. The topological polar surface area (TPSA) is 68.0 Å². The molecule has 2 heterocycles. The van der Waals surface area contributed by atoms with Crippen molar-refractivity contribution >= 4 is 17.3 Å². The number of methoxy groups -OCH3 is 1. The molecule has 0 bridgehead atoms. The van der Waals surface area contributed by atoms with E-state index in [4.69, 9.17) is 15.2 Å². The first kappa shape index (κ1) is 21.3. The minimum atomic E-state index is -0.839. The Kier molecular flexibility index (Phi) is 5.50. The van der Waals surface area contributed by atoms with Gasteiger partial charge in [-0.05, 0) is 75.1 Å². The molecule has 0 aromatic heterocycles. The Hall–Kier alpha value is -2.89. The largest absolute Gasteiger partial charge is 0.496 e. The van der Waals surface area contributed by atoms with Crippen LogP contribution in [0.25, 0.3) is 0 Å². The first-order chi connectivity index (χ1) is 14.7. The molecule has 0 aliphatic carbocycles. The SMILES string of the molecule is COc1c(C)c(C)c2c(c1C)CCC(C)(C(=O)N1CCN(c3ccc(N)cc3)CC1)O2. The van der Waals surface area contributed by atoms with E-state index < -0.39 is 5.60 Å². The van der Waals surface area contributed by atoms with Crippen molar-refractivity contribution in [3.05, 3.63) is 46.5 Å². The Morgan fingerprint density at radius 2 is 1.68 bits per heavy atom. The molecule has 1 fully saturated rings. The number of hydrogen-bond donors (Lipinski definition) is 1. The Balaban J connectivity index is 1.50. The minimum Gasteiger partial charge on any atom is -0.496 e. The summed E-state index contributed by atoms with van der Waals surface area (Å²) in [6.07, 6.45) is 1.48. The van der Waals surface area contributed by atoms with Crippen molar-refractivity contribution < 1.29 is 14.3 Å². The molecule has 1 amide bonds. The summed E-state index contributed by atoms with van der Waals surface area (Å²) in [4.78, 5) is 17.8. The maximum absolute atomic E-state index is 13.5. The van der Waals surface area contributed by atoms with E-state index in [9.17, 15) is 4.79 Å². The molecule has 0 spiro atoms. The first-order valence-electron chi connectivity index (χ1n) is 11.0. The van der Waals surface area contributed by atoms with Crippen molar-refractivity contribution in [3.63, 3.8) is 0 Å². The van der Waals surface area contributed by atoms with Crippen LogP contribution in [-0.2, 0) is 11.2 Å². The van der Waals surface area contributed by atoms with Gasteiger partial charge in [-0.2, -0.15) is 0 Å². The minimum absolute atomic E-state index is 0.0839. The average Bonchev–Trinajstić information content (AvgIpc) is 2.78. The first-order valence-corrected chi connectivity index (χ1v) is 11.0. The summed E-state index contributed by atoms with van der Waals surface area (Å²) in [7, 11) is 1.71. The number of nitrogens with zero attached hydrogens (tertiary/aromatic N) is 2. The van der Waals surface area contributed by atoms with E-state index in [1.165, 1.54) is 5.56 Å². The van der Waals surface area contributed by atoms with Crippen LogP contribution in [0.2, 0.25) is 0 Å². The second-order valence-corrected chi connectivity index (χ2v) is 8.92. The van der Waals surface area contributed by atoms with Crippen LogP contribution in [0.5, 0.6) is 11.5 Å². The van der Waals surface area contributed by atoms with Gasteiger partial charge in [-0.3, -0.25) is 4.79 Å². The summed E-state index contributed by atoms with van der Waals surface area (Å²) in [5.74, 6) is 1.87. The summed E-state index contributed by atoms with van der Waals surface area (Å²) in [6, 6.07) is 7.92. The number of carbonyl (C=O) groups excluding carboxylic acids is 1. The zero-order valence-corrected chi connectivity index (χ0v) is 19.2. The van der Waals surface area contributed by atoms with Crippen molar-refractivity contribution in [2.75, 3.05) is 43.9 Å². The highest BCUT2D eigenvalue weighted by molar-refractivity contribution is 5.86. The van der Waals surface area contributed by atoms with Crippen molar-refractivity contribution in [2.24, 2.45) is 0 Å². The Bertz CT molecular complexity index is 994. The third-order valence-corrected chi connectivity index (χ3v) is 6.97. The van der Waals surface area contributed by atoms with Crippen molar-refractivity contribution in [1.29, 1.82) is 0 Å². The highest BCUT2D eigenvalue weighted by Crippen LogP contribution is 2.44. The number of nitrogen functional groups attached to an aromatic ring is 1. The van der Waals surface area contributed by atoms with Crippen molar-refractivity contribution in [3.8, 4) is 11.5 Å². The Morgan fingerprint density at radius 3 is 2.29 bits per heavy atom. The molecule has 31 heavy (non-hydrogen) atoms. The fourth-order valence-electron chi connectivity index (χ4n) is 4.88. The fourth-order valence-corrected chi connectivity index (χ4v) is 4.88. The van der Waals surface area contributed by atoms with E-state index in [0.717, 1.165) is 59.1 Å². The average molecular weight is 424 g/mol. The lowest BCUT2D eigenvalue weighted by Crippen LogP contribution is -2.57. The number of nitrogens with two attached hydrogens (primary N) is 1. The standard InChI is InChI=1S/C25H33N3O3/c1-16-17(2)23-21(18(3)22(16)30-5)10-11-25(4,31-23)24(29)28-14-12-27(13-15-28)20-8-6-19(26)7-9-20/h6-9H,10-15,26H2,1-5H3. The van der Waals surface area contributed by atoms with Gasteiger partial charge in [0, 0.05) is 49.5 Å². The Labute approximate surface area is 184 Å². The molecule has 2 aliphatic heterocycles. The van der Waals surface area contributed by atoms with Gasteiger partial charge in [0.05, 0.1) is 7.11 Å². The quantitative estimate of drug-likeness (QED) is 0.764. The smallest absolute Gasteiger partial charge is 0.266 e. The maximum atomic E-state index is 13.5. The van der Waals surface area contributed by atoms with E-state index in [-0.39, 0.29) is 5.91 Å². The van der Waals surface area contributed by atoms with Gasteiger partial charge in [-0.15, -0.1) is 0 Å². The molecule has 2 aromatic rings. The van der Waals surface area contributed by atoms with Gasteiger partial charge in [-0.25, -0.2) is 0 Å². The molecule has 1 unspecified atom stereocenters. The summed E-state index contributed by atoms with van der Waals surface area (Å²) in [5.41, 5.74) is 11.3. The second kappa shape index (κ2) is 7.98. The lowest BCUT2D eigenvalue weighted by Gasteiger charge is -2.42. The highest BCUT2D eigenvalue weighted by Gasteiger charge is 2.43. The molecule has 2 aliphatic rings. The van der Waals surface area contributed by atoms with Gasteiger partial charge in [0.15, 0.2) is 5.60 Å². The number of rotatable bonds is 3. The molecule has 6 nitrogen and oxygen atoms in total. The summed E-state index contributed by atoms with van der Waals surface area (Å²) >= 11 is 0. The van der Waals surface area contributed by atoms with E-state index >= 15 is 0 Å². The van der Waals surface area contributed by atoms with Crippen molar-refractivity contribution in [1.82, 2.24) is 4.90 Å². The van der Waals surface area contributed by atoms with Gasteiger partial charge in [-0.1, -0.05) is 0 Å². The van der Waals surface area contributed by atoms with Gasteiger partial charge in [0.25, 0.3) is 5.91 Å². The monoisotopic (exact) mass is 423 g/mol. The molecule has 0 radical (unpaired) electrons.